The summed E-state index contributed by atoms with van der Waals surface area (Å²) in [7, 11) is 0. The average molecular weight is 981 g/mol. The number of nitrogens with zero attached hydrogens (tertiary/aromatic N) is 4. The van der Waals surface area contributed by atoms with E-state index in [9.17, 15) is 0 Å². The Hall–Kier alpha value is -8.94. The summed E-state index contributed by atoms with van der Waals surface area (Å²) in [6.07, 6.45) is 4.43. The lowest BCUT2D eigenvalue weighted by atomic mass is 9.91. The maximum atomic E-state index is 2.52. The molecule has 0 bridgehead atoms. The van der Waals surface area contributed by atoms with Crippen molar-refractivity contribution in [2.45, 2.75) is 12.8 Å². The number of rotatable bonds is 7. The maximum absolute atomic E-state index is 2.52. The molecule has 6 aromatic heterocycles. The van der Waals surface area contributed by atoms with Crippen LogP contribution >= 0.6 is 22.7 Å². The molecule has 6 heteroatoms. The normalized spacial score (nSPS) is 12.8. The molecule has 0 radical (unpaired) electrons. The first-order valence-electron chi connectivity index (χ1n) is 25.5. The Morgan fingerprint density at radius 2 is 0.676 bits per heavy atom. The van der Waals surface area contributed by atoms with Crippen LogP contribution in [0.2, 0.25) is 0 Å². The lowest BCUT2D eigenvalue weighted by Crippen LogP contribution is -2.05. The Morgan fingerprint density at radius 3 is 1.19 bits per heavy atom. The number of para-hydroxylation sites is 6. The molecule has 9 aromatic carbocycles. The van der Waals surface area contributed by atoms with E-state index in [0.29, 0.717) is 0 Å². The first kappa shape index (κ1) is 41.7. The SMILES string of the molecule is C1=C(c2ccc(-n3c4cc(-c5ccc6c(c5)c5ccccc5n6-c5ccccc5)sc4c4sc(-c5ccc6c(c5)c5ccccc5n6-c5ccccc5)cc43)cc2)CCc2c1c1ccccc1n2-c1ccccc1. The van der Waals surface area contributed by atoms with Crippen LogP contribution in [0.5, 0.6) is 0 Å². The molecule has 0 amide bonds. The van der Waals surface area contributed by atoms with Gasteiger partial charge in [0.15, 0.2) is 0 Å². The summed E-state index contributed by atoms with van der Waals surface area (Å²) in [5.74, 6) is 0. The van der Waals surface area contributed by atoms with E-state index in [-0.39, 0.29) is 0 Å². The van der Waals surface area contributed by atoms with Crippen molar-refractivity contribution in [3.05, 3.63) is 253 Å². The van der Waals surface area contributed by atoms with E-state index in [1.165, 1.54) is 141 Å². The fourth-order valence-electron chi connectivity index (χ4n) is 12.2. The van der Waals surface area contributed by atoms with Crippen LogP contribution in [0.1, 0.15) is 23.2 Å². The second-order valence-electron chi connectivity index (χ2n) is 19.6. The highest BCUT2D eigenvalue weighted by Crippen LogP contribution is 2.48. The molecule has 1 aliphatic rings. The second kappa shape index (κ2) is 16.3. The third-order valence-corrected chi connectivity index (χ3v) is 18.0. The van der Waals surface area contributed by atoms with Crippen LogP contribution in [0, 0.1) is 0 Å². The zero-order valence-electron chi connectivity index (χ0n) is 40.1. The quantitative estimate of drug-likeness (QED) is 0.152. The molecule has 348 valence electrons. The number of hydrogen-bond donors (Lipinski definition) is 0. The topological polar surface area (TPSA) is 19.7 Å². The minimum Gasteiger partial charge on any atom is -0.313 e. The summed E-state index contributed by atoms with van der Waals surface area (Å²) in [5.41, 5.74) is 21.2. The summed E-state index contributed by atoms with van der Waals surface area (Å²) >= 11 is 3.83. The predicted molar refractivity (Wildman–Crippen MR) is 316 cm³/mol. The van der Waals surface area contributed by atoms with E-state index in [4.69, 9.17) is 0 Å². The third-order valence-electron chi connectivity index (χ3n) is 15.5. The van der Waals surface area contributed by atoms with Crippen LogP contribution in [0.4, 0.5) is 0 Å². The number of thiophene rings is 2. The molecule has 0 atom stereocenters. The molecule has 0 aliphatic heterocycles. The molecule has 4 nitrogen and oxygen atoms in total. The fourth-order valence-corrected chi connectivity index (χ4v) is 14.6. The van der Waals surface area contributed by atoms with E-state index >= 15 is 0 Å². The van der Waals surface area contributed by atoms with Gasteiger partial charge in [-0.25, -0.2) is 0 Å². The van der Waals surface area contributed by atoms with E-state index in [1.54, 1.807) is 0 Å². The maximum Gasteiger partial charge on any atom is 0.0711 e. The van der Waals surface area contributed by atoms with Gasteiger partial charge in [0.2, 0.25) is 0 Å². The average Bonchev–Trinajstić information content (AvgIpc) is 4.35. The molecule has 0 spiro atoms. The Morgan fingerprint density at radius 1 is 0.284 bits per heavy atom. The number of allylic oxidation sites excluding steroid dienone is 1. The predicted octanol–water partition coefficient (Wildman–Crippen LogP) is 18.9. The van der Waals surface area contributed by atoms with E-state index < -0.39 is 0 Å². The summed E-state index contributed by atoms with van der Waals surface area (Å²) in [6, 6.07) is 87.2. The monoisotopic (exact) mass is 980 g/mol. The zero-order chi connectivity index (χ0) is 48.4. The number of hydrogen-bond acceptors (Lipinski definition) is 2. The Labute approximate surface area is 434 Å². The highest BCUT2D eigenvalue weighted by Gasteiger charge is 2.24. The number of aromatic nitrogens is 4. The van der Waals surface area contributed by atoms with Gasteiger partial charge in [-0.3, -0.25) is 0 Å². The molecule has 0 N–H and O–H groups in total. The van der Waals surface area contributed by atoms with Gasteiger partial charge < -0.3 is 18.3 Å². The van der Waals surface area contributed by atoms with Crippen molar-refractivity contribution in [1.29, 1.82) is 0 Å². The summed E-state index contributed by atoms with van der Waals surface area (Å²) < 4.78 is 12.4. The molecule has 1 aliphatic carbocycles. The van der Waals surface area contributed by atoms with Crippen molar-refractivity contribution in [1.82, 2.24) is 18.3 Å². The van der Waals surface area contributed by atoms with Crippen LogP contribution in [-0.4, -0.2) is 18.3 Å². The van der Waals surface area contributed by atoms with Crippen LogP contribution < -0.4 is 0 Å². The highest BCUT2D eigenvalue weighted by atomic mass is 32.1. The third kappa shape index (κ3) is 6.25. The molecular weight excluding hydrogens is 937 g/mol. The molecule has 15 aromatic rings. The standard InChI is InChI=1S/C68H44N4S2/c1-4-16-47(17-5-1)69-57-25-13-10-22-51(57)54-38-44(30-35-60(54)69)43-28-33-50(34-29-43)72-63-41-65(45-31-36-61-55(39-45)52-23-11-14-26-58(52)70(61)48-18-6-2-7-19-48)73-67(63)68-64(72)42-66(74-68)46-32-37-62-56(40-46)53-24-12-15-27-59(53)71(62)49-20-8-3-9-21-49/h1-29,31-34,36-42H,30,35H2. The summed E-state index contributed by atoms with van der Waals surface area (Å²) in [4.78, 5) is 2.53. The van der Waals surface area contributed by atoms with Crippen molar-refractivity contribution >= 4 is 109 Å². The summed E-state index contributed by atoms with van der Waals surface area (Å²) in [6.45, 7) is 0. The van der Waals surface area contributed by atoms with Gasteiger partial charge in [-0.15, -0.1) is 22.7 Å². The van der Waals surface area contributed by atoms with Gasteiger partial charge in [-0.1, -0.05) is 133 Å². The van der Waals surface area contributed by atoms with Gasteiger partial charge in [-0.05, 0) is 144 Å². The van der Waals surface area contributed by atoms with Gasteiger partial charge in [0.1, 0.15) is 0 Å². The number of benzene rings is 9. The summed E-state index contributed by atoms with van der Waals surface area (Å²) in [5, 5.41) is 6.36. The molecule has 6 heterocycles. The largest absolute Gasteiger partial charge is 0.313 e. The molecule has 74 heavy (non-hydrogen) atoms. The second-order valence-corrected chi connectivity index (χ2v) is 21.7. The Balaban J connectivity index is 0.850. The van der Waals surface area contributed by atoms with E-state index in [1.807, 2.05) is 22.7 Å². The van der Waals surface area contributed by atoms with Crippen molar-refractivity contribution in [2.24, 2.45) is 0 Å². The van der Waals surface area contributed by atoms with Crippen LogP contribution in [0.15, 0.2) is 237 Å². The van der Waals surface area contributed by atoms with Crippen LogP contribution in [0.3, 0.4) is 0 Å². The molecular formula is C68H44N4S2. The van der Waals surface area contributed by atoms with Crippen LogP contribution in [-0.2, 0) is 6.42 Å². The van der Waals surface area contributed by atoms with Crippen molar-refractivity contribution < 1.29 is 0 Å². The molecule has 0 saturated heterocycles. The van der Waals surface area contributed by atoms with Crippen LogP contribution in [0.25, 0.3) is 130 Å². The van der Waals surface area contributed by atoms with Gasteiger partial charge >= 0.3 is 0 Å². The Bertz CT molecular complexity index is 4540. The fraction of sp³-hybridized carbons (Fsp3) is 0.0294. The first-order valence-corrected chi connectivity index (χ1v) is 27.1. The van der Waals surface area contributed by atoms with Gasteiger partial charge in [0, 0.05) is 70.7 Å². The Kier molecular flexibility index (Phi) is 9.17. The molecule has 0 fully saturated rings. The number of fused-ring (bicyclic) bond motifs is 12. The van der Waals surface area contributed by atoms with Crippen molar-refractivity contribution in [2.75, 3.05) is 0 Å². The van der Waals surface area contributed by atoms with Crippen molar-refractivity contribution in [3.8, 4) is 43.6 Å². The van der Waals surface area contributed by atoms with Gasteiger partial charge in [-0.2, -0.15) is 0 Å². The smallest absolute Gasteiger partial charge is 0.0711 e. The van der Waals surface area contributed by atoms with Crippen molar-refractivity contribution in [3.63, 3.8) is 0 Å². The minimum atomic E-state index is 0.984. The first-order chi connectivity index (χ1) is 36.7. The molecule has 0 unspecified atom stereocenters. The lowest BCUT2D eigenvalue weighted by molar-refractivity contribution is 0.898. The van der Waals surface area contributed by atoms with Gasteiger partial charge in [0.05, 0.1) is 48.0 Å². The molecule has 16 rings (SSSR count). The highest BCUT2D eigenvalue weighted by molar-refractivity contribution is 7.30. The zero-order valence-corrected chi connectivity index (χ0v) is 41.7. The lowest BCUT2D eigenvalue weighted by Gasteiger charge is -2.18. The minimum absolute atomic E-state index is 0.984. The van der Waals surface area contributed by atoms with Gasteiger partial charge in [0.25, 0.3) is 0 Å². The van der Waals surface area contributed by atoms with E-state index in [2.05, 4.69) is 261 Å². The van der Waals surface area contributed by atoms with E-state index in [0.717, 1.165) is 12.8 Å². The molecule has 0 saturated carbocycles.